The van der Waals surface area contributed by atoms with Gasteiger partial charge >= 0.3 is 6.09 Å². The zero-order valence-electron chi connectivity index (χ0n) is 15.5. The van der Waals surface area contributed by atoms with Crippen molar-refractivity contribution in [2.24, 2.45) is 5.73 Å². The monoisotopic (exact) mass is 355 g/mol. The van der Waals surface area contributed by atoms with Gasteiger partial charge in [-0.15, -0.1) is 0 Å². The maximum absolute atomic E-state index is 12.4. The van der Waals surface area contributed by atoms with Crippen LogP contribution in [0.25, 0.3) is 10.9 Å². The molecule has 1 aliphatic heterocycles. The Morgan fingerprint density at radius 2 is 2.00 bits per heavy atom. The fourth-order valence-electron chi connectivity index (χ4n) is 3.33. The van der Waals surface area contributed by atoms with Crippen LogP contribution in [0.1, 0.15) is 55.6 Å². The number of aromatic nitrogens is 1. The number of carbonyl (C=O) groups excluding carboxylic acids is 2. The van der Waals surface area contributed by atoms with Gasteiger partial charge in [0.1, 0.15) is 5.60 Å². The second kappa shape index (κ2) is 6.94. The van der Waals surface area contributed by atoms with Crippen molar-refractivity contribution in [3.8, 4) is 0 Å². The smallest absolute Gasteiger partial charge is 0.410 e. The minimum Gasteiger partial charge on any atom is -0.444 e. The molecular formula is C20H25N3O3. The zero-order valence-corrected chi connectivity index (χ0v) is 15.5. The highest BCUT2D eigenvalue weighted by atomic mass is 16.6. The summed E-state index contributed by atoms with van der Waals surface area (Å²) < 4.78 is 5.48. The van der Waals surface area contributed by atoms with Crippen LogP contribution in [0.5, 0.6) is 0 Å². The van der Waals surface area contributed by atoms with Crippen LogP contribution in [0, 0.1) is 0 Å². The topological polar surface area (TPSA) is 85.5 Å². The van der Waals surface area contributed by atoms with E-state index >= 15 is 0 Å². The first kappa shape index (κ1) is 18.2. The maximum Gasteiger partial charge on any atom is 0.410 e. The van der Waals surface area contributed by atoms with Gasteiger partial charge in [-0.1, -0.05) is 18.2 Å². The first-order valence-corrected chi connectivity index (χ1v) is 8.92. The average Bonchev–Trinajstić information content (AvgIpc) is 2.59. The number of fused-ring (bicyclic) bond motifs is 1. The quantitative estimate of drug-likeness (QED) is 0.894. The van der Waals surface area contributed by atoms with Gasteiger partial charge < -0.3 is 15.4 Å². The van der Waals surface area contributed by atoms with Crippen molar-refractivity contribution in [1.82, 2.24) is 9.88 Å². The SMILES string of the molecule is CC(C)(C)OC(=O)N1CCC[C@@H](c2nc3ccccc3cc2C(N)=O)C1. The van der Waals surface area contributed by atoms with Crippen LogP contribution in [0.3, 0.4) is 0 Å². The van der Waals surface area contributed by atoms with Crippen molar-refractivity contribution in [1.29, 1.82) is 0 Å². The third kappa shape index (κ3) is 3.95. The fraction of sp³-hybridized carbons (Fsp3) is 0.450. The summed E-state index contributed by atoms with van der Waals surface area (Å²) in [6.07, 6.45) is 1.35. The predicted octanol–water partition coefficient (Wildman–Crippen LogP) is 3.45. The third-order valence-electron chi connectivity index (χ3n) is 4.48. The molecule has 0 radical (unpaired) electrons. The van der Waals surface area contributed by atoms with E-state index < -0.39 is 11.5 Å². The summed E-state index contributed by atoms with van der Waals surface area (Å²) in [5.41, 5.74) is 6.99. The van der Waals surface area contributed by atoms with Crippen molar-refractivity contribution in [3.05, 3.63) is 41.6 Å². The molecule has 1 aromatic carbocycles. The third-order valence-corrected chi connectivity index (χ3v) is 4.48. The van der Waals surface area contributed by atoms with Crippen LogP contribution in [0.15, 0.2) is 30.3 Å². The first-order valence-electron chi connectivity index (χ1n) is 8.92. The van der Waals surface area contributed by atoms with Gasteiger partial charge in [0.05, 0.1) is 16.8 Å². The molecule has 0 spiro atoms. The summed E-state index contributed by atoms with van der Waals surface area (Å²) in [4.78, 5) is 30.8. The number of likely N-dealkylation sites (tertiary alicyclic amines) is 1. The van der Waals surface area contributed by atoms with Gasteiger partial charge in [0, 0.05) is 24.4 Å². The molecule has 6 nitrogen and oxygen atoms in total. The van der Waals surface area contributed by atoms with Gasteiger partial charge in [0.15, 0.2) is 0 Å². The standard InChI is InChI=1S/C20H25N3O3/c1-20(2,3)26-19(25)23-10-6-8-14(12-23)17-15(18(21)24)11-13-7-4-5-9-16(13)22-17/h4-5,7,9,11,14H,6,8,10,12H2,1-3H3,(H2,21,24)/t14-/m1/s1. The molecule has 1 saturated heterocycles. The number of nitrogens with zero attached hydrogens (tertiary/aromatic N) is 2. The number of amides is 2. The van der Waals surface area contributed by atoms with Gasteiger partial charge in [-0.25, -0.2) is 4.79 Å². The van der Waals surface area contributed by atoms with Crippen molar-refractivity contribution < 1.29 is 14.3 Å². The van der Waals surface area contributed by atoms with Crippen LogP contribution < -0.4 is 5.73 Å². The van der Waals surface area contributed by atoms with Crippen molar-refractivity contribution in [3.63, 3.8) is 0 Å². The van der Waals surface area contributed by atoms with Gasteiger partial charge in [0.2, 0.25) is 0 Å². The maximum atomic E-state index is 12.4. The molecule has 1 atom stereocenters. The second-order valence-corrected chi connectivity index (χ2v) is 7.74. The molecule has 1 aliphatic rings. The molecule has 1 aromatic heterocycles. The van der Waals surface area contributed by atoms with E-state index in [4.69, 9.17) is 15.5 Å². The van der Waals surface area contributed by atoms with Crippen LogP contribution in [0.2, 0.25) is 0 Å². The van der Waals surface area contributed by atoms with Crippen LogP contribution in [-0.4, -0.2) is 40.6 Å². The number of piperidine rings is 1. The Morgan fingerprint density at radius 1 is 1.27 bits per heavy atom. The highest BCUT2D eigenvalue weighted by Crippen LogP contribution is 2.30. The number of nitrogens with two attached hydrogens (primary N) is 1. The zero-order chi connectivity index (χ0) is 18.9. The van der Waals surface area contributed by atoms with Crippen molar-refractivity contribution in [2.75, 3.05) is 13.1 Å². The molecule has 6 heteroatoms. The van der Waals surface area contributed by atoms with E-state index in [1.165, 1.54) is 0 Å². The molecule has 1 fully saturated rings. The number of benzene rings is 1. The number of pyridine rings is 1. The minimum atomic E-state index is -0.538. The summed E-state index contributed by atoms with van der Waals surface area (Å²) in [7, 11) is 0. The molecule has 2 N–H and O–H groups in total. The Labute approximate surface area is 153 Å². The van der Waals surface area contributed by atoms with Crippen molar-refractivity contribution in [2.45, 2.75) is 45.1 Å². The van der Waals surface area contributed by atoms with E-state index in [0.717, 1.165) is 23.7 Å². The van der Waals surface area contributed by atoms with Crippen LogP contribution >= 0.6 is 0 Å². The molecule has 2 amide bonds. The number of ether oxygens (including phenoxy) is 1. The number of carbonyl (C=O) groups is 2. The molecule has 26 heavy (non-hydrogen) atoms. The van der Waals surface area contributed by atoms with E-state index in [1.807, 2.05) is 45.0 Å². The summed E-state index contributed by atoms with van der Waals surface area (Å²) in [5.74, 6) is -0.531. The molecule has 0 saturated carbocycles. The molecule has 0 unspecified atom stereocenters. The Bertz CT molecular complexity index is 842. The number of hydrogen-bond donors (Lipinski definition) is 1. The lowest BCUT2D eigenvalue weighted by atomic mass is 9.90. The van der Waals surface area contributed by atoms with E-state index in [2.05, 4.69) is 0 Å². The highest BCUT2D eigenvalue weighted by Gasteiger charge is 2.31. The highest BCUT2D eigenvalue weighted by molar-refractivity contribution is 5.97. The first-order chi connectivity index (χ1) is 12.2. The van der Waals surface area contributed by atoms with Crippen molar-refractivity contribution >= 4 is 22.9 Å². The second-order valence-electron chi connectivity index (χ2n) is 7.74. The molecule has 0 bridgehead atoms. The summed E-state index contributed by atoms with van der Waals surface area (Å²) in [6, 6.07) is 9.44. The lowest BCUT2D eigenvalue weighted by Crippen LogP contribution is -2.42. The van der Waals surface area contributed by atoms with Gasteiger partial charge in [-0.3, -0.25) is 9.78 Å². The van der Waals surface area contributed by atoms with Crippen LogP contribution in [0.4, 0.5) is 4.79 Å². The number of rotatable bonds is 2. The minimum absolute atomic E-state index is 0.0385. The molecule has 0 aliphatic carbocycles. The number of para-hydroxylation sites is 1. The van der Waals surface area contributed by atoms with Gasteiger partial charge in [-0.05, 0) is 45.7 Å². The molecule has 3 rings (SSSR count). The Morgan fingerprint density at radius 3 is 2.69 bits per heavy atom. The Balaban J connectivity index is 1.91. The molecular weight excluding hydrogens is 330 g/mol. The van der Waals surface area contributed by atoms with Gasteiger partial charge in [-0.2, -0.15) is 0 Å². The summed E-state index contributed by atoms with van der Waals surface area (Å²) >= 11 is 0. The summed E-state index contributed by atoms with van der Waals surface area (Å²) in [6.45, 7) is 6.67. The molecule has 2 aromatic rings. The summed E-state index contributed by atoms with van der Waals surface area (Å²) in [5, 5.41) is 0.879. The largest absolute Gasteiger partial charge is 0.444 e. The predicted molar refractivity (Wildman–Crippen MR) is 100 cm³/mol. The number of primary amides is 1. The lowest BCUT2D eigenvalue weighted by molar-refractivity contribution is 0.0197. The number of hydrogen-bond acceptors (Lipinski definition) is 4. The fourth-order valence-corrected chi connectivity index (χ4v) is 3.33. The van der Waals surface area contributed by atoms with Gasteiger partial charge in [0.25, 0.3) is 5.91 Å². The van der Waals surface area contributed by atoms with E-state index in [0.29, 0.717) is 24.3 Å². The molecule has 138 valence electrons. The van der Waals surface area contributed by atoms with E-state index in [-0.39, 0.29) is 12.0 Å². The van der Waals surface area contributed by atoms with E-state index in [1.54, 1.807) is 11.0 Å². The van der Waals surface area contributed by atoms with Crippen LogP contribution in [-0.2, 0) is 4.74 Å². The normalized spacial score (nSPS) is 18.0. The molecule has 2 heterocycles. The Hall–Kier alpha value is -2.63. The lowest BCUT2D eigenvalue weighted by Gasteiger charge is -2.34. The Kier molecular flexibility index (Phi) is 4.85. The van der Waals surface area contributed by atoms with E-state index in [9.17, 15) is 9.59 Å². The average molecular weight is 355 g/mol.